The number of carboxylic acids is 1. The Morgan fingerprint density at radius 2 is 1.93 bits per heavy atom. The van der Waals surface area contributed by atoms with Crippen LogP contribution in [0.2, 0.25) is 0 Å². The molecule has 0 aromatic heterocycles. The zero-order chi connectivity index (χ0) is 10.8. The van der Waals surface area contributed by atoms with Crippen molar-refractivity contribution >= 4 is 5.97 Å². The van der Waals surface area contributed by atoms with Crippen LogP contribution in [-0.2, 0) is 4.79 Å². The van der Waals surface area contributed by atoms with Gasteiger partial charge in [0.2, 0.25) is 0 Å². The van der Waals surface area contributed by atoms with Gasteiger partial charge >= 0.3 is 5.97 Å². The van der Waals surface area contributed by atoms with Gasteiger partial charge in [-0.3, -0.25) is 9.69 Å². The topological polar surface area (TPSA) is 40.5 Å². The third-order valence-electron chi connectivity index (χ3n) is 4.14. The molecule has 3 nitrogen and oxygen atoms in total. The number of carbonyl (C=O) groups is 1. The lowest BCUT2D eigenvalue weighted by atomic mass is 9.95. The van der Waals surface area contributed by atoms with E-state index in [1.54, 1.807) is 0 Å². The minimum atomic E-state index is -0.667. The number of rotatable bonds is 3. The summed E-state index contributed by atoms with van der Waals surface area (Å²) >= 11 is 0. The van der Waals surface area contributed by atoms with Crippen molar-refractivity contribution in [2.75, 3.05) is 6.54 Å². The van der Waals surface area contributed by atoms with Gasteiger partial charge in [0.1, 0.15) is 6.04 Å². The molecule has 0 radical (unpaired) electrons. The summed E-state index contributed by atoms with van der Waals surface area (Å²) in [6, 6.07) is 0.261. The van der Waals surface area contributed by atoms with Crippen LogP contribution in [0.3, 0.4) is 0 Å². The average molecular weight is 211 g/mol. The molecule has 2 rings (SSSR count). The molecular weight excluding hydrogens is 190 g/mol. The van der Waals surface area contributed by atoms with E-state index < -0.39 is 5.97 Å². The van der Waals surface area contributed by atoms with Crippen molar-refractivity contribution < 1.29 is 9.90 Å². The van der Waals surface area contributed by atoms with Crippen LogP contribution in [0.1, 0.15) is 45.4 Å². The summed E-state index contributed by atoms with van der Waals surface area (Å²) in [6.07, 6.45) is 7.70. The van der Waals surface area contributed by atoms with Crippen molar-refractivity contribution in [1.29, 1.82) is 0 Å². The van der Waals surface area contributed by atoms with E-state index in [1.807, 2.05) is 6.92 Å². The van der Waals surface area contributed by atoms with Gasteiger partial charge in [0, 0.05) is 6.04 Å². The maximum absolute atomic E-state index is 11.0. The lowest BCUT2D eigenvalue weighted by Gasteiger charge is -2.32. The van der Waals surface area contributed by atoms with Crippen molar-refractivity contribution in [3.8, 4) is 0 Å². The lowest BCUT2D eigenvalue weighted by molar-refractivity contribution is -0.143. The number of likely N-dealkylation sites (tertiary alicyclic amines) is 1. The van der Waals surface area contributed by atoms with E-state index in [0.717, 1.165) is 12.5 Å². The Hall–Kier alpha value is -0.570. The molecule has 2 fully saturated rings. The Morgan fingerprint density at radius 1 is 1.27 bits per heavy atom. The highest BCUT2D eigenvalue weighted by Gasteiger charge is 2.37. The molecule has 2 atom stereocenters. The fourth-order valence-corrected chi connectivity index (χ4v) is 3.29. The van der Waals surface area contributed by atoms with E-state index in [-0.39, 0.29) is 6.04 Å². The van der Waals surface area contributed by atoms with Crippen LogP contribution in [0.5, 0.6) is 0 Å². The van der Waals surface area contributed by atoms with Crippen LogP contribution in [0, 0.1) is 5.92 Å². The van der Waals surface area contributed by atoms with Crippen LogP contribution in [0.4, 0.5) is 0 Å². The van der Waals surface area contributed by atoms with Gasteiger partial charge in [0.15, 0.2) is 0 Å². The summed E-state index contributed by atoms with van der Waals surface area (Å²) in [4.78, 5) is 13.2. The Bertz CT molecular complexity index is 236. The Balaban J connectivity index is 2.00. The first-order valence-electron chi connectivity index (χ1n) is 6.18. The predicted octanol–water partition coefficient (Wildman–Crippen LogP) is 2.11. The first-order chi connectivity index (χ1) is 7.20. The molecule has 0 amide bonds. The number of carboxylic acid groups (broad SMARTS) is 1. The third kappa shape index (κ3) is 2.17. The Morgan fingerprint density at radius 3 is 2.53 bits per heavy atom. The maximum atomic E-state index is 11.0. The molecule has 15 heavy (non-hydrogen) atoms. The number of nitrogens with zero attached hydrogens (tertiary/aromatic N) is 1. The second-order valence-corrected chi connectivity index (χ2v) is 5.01. The molecule has 1 N–H and O–H groups in total. The molecule has 1 heterocycles. The van der Waals surface area contributed by atoms with Crippen molar-refractivity contribution in [2.24, 2.45) is 5.92 Å². The normalized spacial score (nSPS) is 30.9. The molecule has 0 bridgehead atoms. The minimum absolute atomic E-state index is 0.293. The zero-order valence-corrected chi connectivity index (χ0v) is 9.48. The summed E-state index contributed by atoms with van der Waals surface area (Å²) in [5.74, 6) is 0.106. The fourth-order valence-electron chi connectivity index (χ4n) is 3.29. The highest BCUT2D eigenvalue weighted by molar-refractivity contribution is 5.73. The van der Waals surface area contributed by atoms with E-state index in [4.69, 9.17) is 5.11 Å². The maximum Gasteiger partial charge on any atom is 0.320 e. The molecule has 1 saturated carbocycles. The van der Waals surface area contributed by atoms with Gasteiger partial charge < -0.3 is 5.11 Å². The van der Waals surface area contributed by atoms with Crippen LogP contribution in [0.15, 0.2) is 0 Å². The summed E-state index contributed by atoms with van der Waals surface area (Å²) < 4.78 is 0. The molecule has 2 unspecified atom stereocenters. The van der Waals surface area contributed by atoms with Crippen LogP contribution < -0.4 is 0 Å². The van der Waals surface area contributed by atoms with Gasteiger partial charge in [-0.2, -0.15) is 0 Å². The Kier molecular flexibility index (Phi) is 3.29. The standard InChI is InChI=1S/C12H21NO2/c1-9(12(14)15)13-8-4-7-11(13)10-5-2-3-6-10/h9-11H,2-8H2,1H3,(H,14,15). The van der Waals surface area contributed by atoms with Gasteiger partial charge in [-0.1, -0.05) is 12.8 Å². The van der Waals surface area contributed by atoms with Crippen LogP contribution in [0.25, 0.3) is 0 Å². The molecule has 86 valence electrons. The second kappa shape index (κ2) is 4.52. The van der Waals surface area contributed by atoms with Crippen LogP contribution >= 0.6 is 0 Å². The predicted molar refractivity (Wildman–Crippen MR) is 58.8 cm³/mol. The summed E-state index contributed by atoms with van der Waals surface area (Å²) in [5.41, 5.74) is 0. The first-order valence-corrected chi connectivity index (χ1v) is 6.18. The van der Waals surface area contributed by atoms with Gasteiger partial charge in [0.05, 0.1) is 0 Å². The molecule has 1 aliphatic carbocycles. The van der Waals surface area contributed by atoms with Gasteiger partial charge in [0.25, 0.3) is 0 Å². The van der Waals surface area contributed by atoms with E-state index in [2.05, 4.69) is 4.90 Å². The molecule has 1 saturated heterocycles. The minimum Gasteiger partial charge on any atom is -0.480 e. The zero-order valence-electron chi connectivity index (χ0n) is 9.48. The molecule has 2 aliphatic rings. The molecular formula is C12H21NO2. The SMILES string of the molecule is CC(C(=O)O)N1CCCC1C1CCCC1. The Labute approximate surface area is 91.5 Å². The van der Waals surface area contributed by atoms with E-state index in [0.29, 0.717) is 6.04 Å². The third-order valence-corrected chi connectivity index (χ3v) is 4.14. The van der Waals surface area contributed by atoms with Gasteiger partial charge in [-0.05, 0) is 45.1 Å². The molecule has 1 aliphatic heterocycles. The molecule has 0 aromatic rings. The highest BCUT2D eigenvalue weighted by Crippen LogP contribution is 2.36. The summed E-state index contributed by atoms with van der Waals surface area (Å²) in [7, 11) is 0. The second-order valence-electron chi connectivity index (χ2n) is 5.01. The lowest BCUT2D eigenvalue weighted by Crippen LogP contribution is -2.44. The molecule has 3 heteroatoms. The largest absolute Gasteiger partial charge is 0.480 e. The van der Waals surface area contributed by atoms with Gasteiger partial charge in [-0.25, -0.2) is 0 Å². The van der Waals surface area contributed by atoms with Crippen molar-refractivity contribution in [3.05, 3.63) is 0 Å². The quantitative estimate of drug-likeness (QED) is 0.777. The van der Waals surface area contributed by atoms with E-state index in [9.17, 15) is 4.79 Å². The van der Waals surface area contributed by atoms with Crippen molar-refractivity contribution in [2.45, 2.75) is 57.5 Å². The average Bonchev–Trinajstić information content (AvgIpc) is 2.86. The molecule has 0 aromatic carbocycles. The first kappa shape index (κ1) is 10.9. The smallest absolute Gasteiger partial charge is 0.320 e. The van der Waals surface area contributed by atoms with E-state index in [1.165, 1.54) is 38.5 Å². The van der Waals surface area contributed by atoms with E-state index >= 15 is 0 Å². The highest BCUT2D eigenvalue weighted by atomic mass is 16.4. The fraction of sp³-hybridized carbons (Fsp3) is 0.917. The van der Waals surface area contributed by atoms with Crippen molar-refractivity contribution in [1.82, 2.24) is 4.90 Å². The number of hydrogen-bond acceptors (Lipinski definition) is 2. The van der Waals surface area contributed by atoms with Crippen molar-refractivity contribution in [3.63, 3.8) is 0 Å². The number of hydrogen-bond donors (Lipinski definition) is 1. The molecule has 0 spiro atoms. The summed E-state index contributed by atoms with van der Waals surface area (Å²) in [6.45, 7) is 2.81. The monoisotopic (exact) mass is 211 g/mol. The van der Waals surface area contributed by atoms with Gasteiger partial charge in [-0.15, -0.1) is 0 Å². The number of aliphatic carboxylic acids is 1. The van der Waals surface area contributed by atoms with Crippen LogP contribution in [-0.4, -0.2) is 34.6 Å². The summed E-state index contributed by atoms with van der Waals surface area (Å²) in [5, 5.41) is 9.06.